The number of hydrogen-bond acceptors (Lipinski definition) is 4. The van der Waals surface area contributed by atoms with E-state index in [0.29, 0.717) is 17.9 Å². The molecule has 0 aliphatic rings. The topological polar surface area (TPSA) is 75.7 Å². The van der Waals surface area contributed by atoms with Crippen LogP contribution in [0.1, 0.15) is 24.5 Å². The predicted octanol–water partition coefficient (Wildman–Crippen LogP) is 3.50. The molecular weight excluding hydrogens is 364 g/mol. The Labute approximate surface area is 161 Å². The zero-order valence-electron chi connectivity index (χ0n) is 16.3. The molecule has 0 saturated carbocycles. The monoisotopic (exact) mass is 390 g/mol. The number of nitrogens with one attached hydrogen (secondary N) is 1. The molecule has 1 unspecified atom stereocenters. The van der Waals surface area contributed by atoms with E-state index < -0.39 is 16.1 Å². The van der Waals surface area contributed by atoms with Gasteiger partial charge in [0.2, 0.25) is 10.0 Å². The largest absolute Gasteiger partial charge is 0.481 e. The van der Waals surface area contributed by atoms with Crippen molar-refractivity contribution in [2.45, 2.75) is 33.3 Å². The number of benzene rings is 2. The van der Waals surface area contributed by atoms with E-state index >= 15 is 0 Å². The summed E-state index contributed by atoms with van der Waals surface area (Å²) in [5, 5.41) is 2.88. The molecule has 0 fully saturated rings. The van der Waals surface area contributed by atoms with Gasteiger partial charge >= 0.3 is 0 Å². The Balaban J connectivity index is 2.07. The predicted molar refractivity (Wildman–Crippen MR) is 109 cm³/mol. The molecule has 1 N–H and O–H groups in total. The third-order valence-corrected chi connectivity index (χ3v) is 5.62. The number of sulfonamides is 1. The number of nitrogens with zero attached hydrogens (tertiary/aromatic N) is 1. The number of aryl methyl sites for hydroxylation is 2. The Bertz CT molecular complexity index is 908. The maximum absolute atomic E-state index is 12.5. The van der Waals surface area contributed by atoms with Crippen molar-refractivity contribution in [3.05, 3.63) is 53.6 Å². The smallest absolute Gasteiger partial charge is 0.265 e. The minimum Gasteiger partial charge on any atom is -0.481 e. The van der Waals surface area contributed by atoms with Gasteiger partial charge in [-0.15, -0.1) is 0 Å². The molecule has 7 heteroatoms. The average molecular weight is 391 g/mol. The first kappa shape index (κ1) is 20.8. The molecule has 1 amide bonds. The first-order valence-corrected chi connectivity index (χ1v) is 10.6. The zero-order chi connectivity index (χ0) is 20.2. The maximum atomic E-state index is 12.5. The van der Waals surface area contributed by atoms with Crippen molar-refractivity contribution in [3.8, 4) is 5.75 Å². The Morgan fingerprint density at radius 2 is 1.74 bits per heavy atom. The Kier molecular flexibility index (Phi) is 6.49. The molecule has 0 aliphatic carbocycles. The number of rotatable bonds is 7. The molecule has 0 radical (unpaired) electrons. The van der Waals surface area contributed by atoms with Crippen LogP contribution >= 0.6 is 0 Å². The van der Waals surface area contributed by atoms with Gasteiger partial charge in [0.25, 0.3) is 5.91 Å². The van der Waals surface area contributed by atoms with Gasteiger partial charge in [0.15, 0.2) is 6.10 Å². The zero-order valence-corrected chi connectivity index (χ0v) is 17.1. The van der Waals surface area contributed by atoms with Crippen LogP contribution in [-0.4, -0.2) is 33.7 Å². The highest BCUT2D eigenvalue weighted by molar-refractivity contribution is 7.92. The number of carbonyl (C=O) groups is 1. The molecule has 0 bridgehead atoms. The van der Waals surface area contributed by atoms with Crippen molar-refractivity contribution in [1.29, 1.82) is 0 Å². The van der Waals surface area contributed by atoms with E-state index in [1.54, 1.807) is 24.3 Å². The lowest BCUT2D eigenvalue weighted by Gasteiger charge is -2.19. The van der Waals surface area contributed by atoms with Crippen LogP contribution in [0.3, 0.4) is 0 Å². The number of ether oxygens (including phenoxy) is 1. The van der Waals surface area contributed by atoms with Gasteiger partial charge in [-0.2, -0.15) is 0 Å². The van der Waals surface area contributed by atoms with E-state index in [1.807, 2.05) is 39.0 Å². The van der Waals surface area contributed by atoms with Gasteiger partial charge < -0.3 is 10.1 Å². The highest BCUT2D eigenvalue weighted by Crippen LogP contribution is 2.22. The van der Waals surface area contributed by atoms with Crippen LogP contribution in [0.25, 0.3) is 0 Å². The fraction of sp³-hybridized carbons (Fsp3) is 0.350. The minimum atomic E-state index is -3.32. The lowest BCUT2D eigenvalue weighted by molar-refractivity contribution is -0.122. The van der Waals surface area contributed by atoms with Crippen molar-refractivity contribution in [2.24, 2.45) is 0 Å². The summed E-state index contributed by atoms with van der Waals surface area (Å²) in [5.74, 6) is 0.279. The summed E-state index contributed by atoms with van der Waals surface area (Å²) in [6.45, 7) is 5.88. The van der Waals surface area contributed by atoms with E-state index in [0.717, 1.165) is 23.1 Å². The van der Waals surface area contributed by atoms with Gasteiger partial charge in [-0.25, -0.2) is 8.42 Å². The van der Waals surface area contributed by atoms with E-state index in [1.165, 1.54) is 11.4 Å². The quantitative estimate of drug-likeness (QED) is 0.785. The first-order valence-electron chi connectivity index (χ1n) is 8.70. The van der Waals surface area contributed by atoms with Gasteiger partial charge in [0, 0.05) is 12.7 Å². The molecule has 146 valence electrons. The first-order chi connectivity index (χ1) is 12.6. The van der Waals surface area contributed by atoms with Gasteiger partial charge in [0.1, 0.15) is 5.75 Å². The normalized spacial score (nSPS) is 12.3. The van der Waals surface area contributed by atoms with E-state index in [-0.39, 0.29) is 5.91 Å². The lowest BCUT2D eigenvalue weighted by atomic mass is 10.1. The average Bonchev–Trinajstić information content (AvgIpc) is 2.61. The summed E-state index contributed by atoms with van der Waals surface area (Å²) in [7, 11) is -1.84. The summed E-state index contributed by atoms with van der Waals surface area (Å²) < 4.78 is 30.2. The van der Waals surface area contributed by atoms with E-state index in [2.05, 4.69) is 5.32 Å². The molecule has 0 aromatic heterocycles. The summed E-state index contributed by atoms with van der Waals surface area (Å²) in [6.07, 6.45) is 0.994. The molecule has 0 spiro atoms. The summed E-state index contributed by atoms with van der Waals surface area (Å²) in [6, 6.07) is 12.4. The van der Waals surface area contributed by atoms with Gasteiger partial charge in [-0.3, -0.25) is 9.10 Å². The molecule has 0 saturated heterocycles. The molecule has 27 heavy (non-hydrogen) atoms. The maximum Gasteiger partial charge on any atom is 0.265 e. The highest BCUT2D eigenvalue weighted by atomic mass is 32.2. The highest BCUT2D eigenvalue weighted by Gasteiger charge is 2.19. The SMILES string of the molecule is CCC(Oc1ccc(N(C)S(C)(=O)=O)cc1)C(=O)Nc1ccc(C)c(C)c1. The van der Waals surface area contributed by atoms with Crippen molar-refractivity contribution in [2.75, 3.05) is 22.9 Å². The van der Waals surface area contributed by atoms with E-state index in [9.17, 15) is 13.2 Å². The second-order valence-electron chi connectivity index (χ2n) is 6.53. The van der Waals surface area contributed by atoms with E-state index in [4.69, 9.17) is 4.74 Å². The molecular formula is C20H26N2O4S. The molecule has 0 heterocycles. The molecule has 2 aromatic rings. The second-order valence-corrected chi connectivity index (χ2v) is 8.54. The fourth-order valence-electron chi connectivity index (χ4n) is 2.45. The third kappa shape index (κ3) is 5.47. The second kappa shape index (κ2) is 8.43. The van der Waals surface area contributed by atoms with Crippen molar-refractivity contribution in [3.63, 3.8) is 0 Å². The lowest BCUT2D eigenvalue weighted by Crippen LogP contribution is -2.32. The number of carbonyl (C=O) groups excluding carboxylic acids is 1. The van der Waals surface area contributed by atoms with Crippen molar-refractivity contribution >= 4 is 27.3 Å². The molecule has 0 aliphatic heterocycles. The summed E-state index contributed by atoms with van der Waals surface area (Å²) in [4.78, 5) is 12.5. The van der Waals surface area contributed by atoms with Crippen LogP contribution < -0.4 is 14.4 Å². The molecule has 1 atom stereocenters. The molecule has 2 rings (SSSR count). The van der Waals surface area contributed by atoms with Crippen LogP contribution in [-0.2, 0) is 14.8 Å². The van der Waals surface area contributed by atoms with Crippen LogP contribution in [0.4, 0.5) is 11.4 Å². The van der Waals surface area contributed by atoms with Crippen LogP contribution in [0.15, 0.2) is 42.5 Å². The molecule has 2 aromatic carbocycles. The fourth-order valence-corrected chi connectivity index (χ4v) is 2.96. The number of hydrogen-bond donors (Lipinski definition) is 1. The molecule has 6 nitrogen and oxygen atoms in total. The van der Waals surface area contributed by atoms with Gasteiger partial charge in [0.05, 0.1) is 11.9 Å². The van der Waals surface area contributed by atoms with Crippen molar-refractivity contribution in [1.82, 2.24) is 0 Å². The Morgan fingerprint density at radius 1 is 1.11 bits per heavy atom. The summed E-state index contributed by atoms with van der Waals surface area (Å²) in [5.41, 5.74) is 3.52. The Hall–Kier alpha value is -2.54. The van der Waals surface area contributed by atoms with Gasteiger partial charge in [-0.05, 0) is 67.8 Å². The standard InChI is InChI=1S/C20H26N2O4S/c1-6-19(20(23)21-16-8-7-14(2)15(3)13-16)26-18-11-9-17(10-12-18)22(4)27(5,24)25/h7-13,19H,6H2,1-5H3,(H,21,23). The van der Waals surface area contributed by atoms with Crippen LogP contribution in [0.5, 0.6) is 5.75 Å². The minimum absolute atomic E-state index is 0.224. The van der Waals surface area contributed by atoms with Crippen LogP contribution in [0.2, 0.25) is 0 Å². The van der Waals surface area contributed by atoms with Crippen molar-refractivity contribution < 1.29 is 17.9 Å². The number of anilines is 2. The number of amides is 1. The third-order valence-electron chi connectivity index (χ3n) is 4.41. The summed E-state index contributed by atoms with van der Waals surface area (Å²) >= 11 is 0. The van der Waals surface area contributed by atoms with Gasteiger partial charge in [-0.1, -0.05) is 13.0 Å². The Morgan fingerprint density at radius 3 is 2.26 bits per heavy atom. The van der Waals surface area contributed by atoms with Crippen LogP contribution in [0, 0.1) is 13.8 Å².